The van der Waals surface area contributed by atoms with E-state index < -0.39 is 16.4 Å². The third-order valence-electron chi connectivity index (χ3n) is 3.50. The number of rotatable bonds is 1. The van der Waals surface area contributed by atoms with Gasteiger partial charge in [0.05, 0.1) is 0 Å². The average Bonchev–Trinajstić information content (AvgIpc) is 2.41. The van der Waals surface area contributed by atoms with Crippen molar-refractivity contribution in [1.29, 1.82) is 0 Å². The lowest BCUT2D eigenvalue weighted by Gasteiger charge is -2.26. The third kappa shape index (κ3) is 3.92. The van der Waals surface area contributed by atoms with E-state index in [1.54, 1.807) is 0 Å². The molecule has 0 bridgehead atoms. The summed E-state index contributed by atoms with van der Waals surface area (Å²) in [5.41, 5.74) is 1.26. The summed E-state index contributed by atoms with van der Waals surface area (Å²) in [5, 5.41) is 10.3. The number of aliphatic hydroxyl groups is 1. The van der Waals surface area contributed by atoms with Gasteiger partial charge in [0.15, 0.2) is 0 Å². The first-order valence-electron chi connectivity index (χ1n) is 6.69. The van der Waals surface area contributed by atoms with E-state index in [9.17, 15) is 9.32 Å². The molecular weight excluding hydrogens is 256 g/mol. The lowest BCUT2D eigenvalue weighted by Crippen LogP contribution is -2.35. The molecule has 0 amide bonds. The third-order valence-corrected chi connectivity index (χ3v) is 4.82. The molecule has 0 atom stereocenters. The quantitative estimate of drug-likeness (QED) is 0.800. The van der Waals surface area contributed by atoms with Gasteiger partial charge in [0.25, 0.3) is 0 Å². The van der Waals surface area contributed by atoms with Crippen LogP contribution in [0.5, 0.6) is 0 Å². The zero-order chi connectivity index (χ0) is 13.9. The zero-order valence-electron chi connectivity index (χ0n) is 11.5. The Morgan fingerprint density at radius 2 is 1.79 bits per heavy atom. The molecule has 1 aliphatic heterocycles. The van der Waals surface area contributed by atoms with Gasteiger partial charge < -0.3 is 5.11 Å². The van der Waals surface area contributed by atoms with Crippen molar-refractivity contribution in [2.45, 2.75) is 38.2 Å². The minimum atomic E-state index is -0.954. The van der Waals surface area contributed by atoms with Crippen molar-refractivity contribution in [2.75, 3.05) is 11.5 Å². The molecule has 1 saturated heterocycles. The van der Waals surface area contributed by atoms with Crippen LogP contribution in [0.3, 0.4) is 0 Å². The van der Waals surface area contributed by atoms with Crippen LogP contribution in [0.25, 0.3) is 0 Å². The summed E-state index contributed by atoms with van der Waals surface area (Å²) in [6.07, 6.45) is 1.02. The van der Waals surface area contributed by atoms with Crippen molar-refractivity contribution in [3.8, 4) is 11.8 Å². The predicted molar refractivity (Wildman–Crippen MR) is 79.5 cm³/mol. The predicted octanol–water partition coefficient (Wildman–Crippen LogP) is 2.44. The lowest BCUT2D eigenvalue weighted by molar-refractivity contribution is 0.0917. The largest absolute Gasteiger partial charge is 0.378 e. The summed E-state index contributed by atoms with van der Waals surface area (Å²) < 4.78 is 11.3. The summed E-state index contributed by atoms with van der Waals surface area (Å²) >= 11 is 0. The Hall–Kier alpha value is -1.11. The lowest BCUT2D eigenvalue weighted by atomic mass is 9.97. The van der Waals surface area contributed by atoms with E-state index in [1.807, 2.05) is 12.1 Å². The molecule has 1 fully saturated rings. The van der Waals surface area contributed by atoms with Crippen molar-refractivity contribution >= 4 is 10.8 Å². The van der Waals surface area contributed by atoms with Gasteiger partial charge in [0.1, 0.15) is 5.60 Å². The molecule has 0 radical (unpaired) electrons. The van der Waals surface area contributed by atoms with Crippen molar-refractivity contribution < 1.29 is 9.32 Å². The fraction of sp³-hybridized carbons (Fsp3) is 0.500. The molecule has 1 aromatic rings. The highest BCUT2D eigenvalue weighted by Gasteiger charge is 2.29. The van der Waals surface area contributed by atoms with Gasteiger partial charge in [-0.2, -0.15) is 0 Å². The summed E-state index contributed by atoms with van der Waals surface area (Å²) in [4.78, 5) is 0. The minimum absolute atomic E-state index is 0.511. The molecule has 1 heterocycles. The Morgan fingerprint density at radius 1 is 1.21 bits per heavy atom. The molecule has 2 rings (SSSR count). The maximum Gasteiger partial charge on any atom is 0.127 e. The van der Waals surface area contributed by atoms with Crippen LogP contribution in [0.4, 0.5) is 0 Å². The number of hydrogen-bond acceptors (Lipinski definition) is 2. The van der Waals surface area contributed by atoms with Crippen molar-refractivity contribution in [3.05, 3.63) is 35.4 Å². The molecule has 1 N–H and O–H groups in total. The molecule has 1 aliphatic rings. The molecule has 1 aromatic carbocycles. The smallest absolute Gasteiger partial charge is 0.127 e. The fourth-order valence-electron chi connectivity index (χ4n) is 2.06. The van der Waals surface area contributed by atoms with Gasteiger partial charge in [-0.1, -0.05) is 37.8 Å². The molecule has 0 saturated carbocycles. The van der Waals surface area contributed by atoms with E-state index in [-0.39, 0.29) is 0 Å². The highest BCUT2D eigenvalue weighted by atomic mass is 32.2. The Bertz CT molecular complexity index is 510. The molecule has 0 aromatic heterocycles. The SMILES string of the molecule is CC(C)c1ccc(C#CC2(O)CCS(=O)CC2)cc1. The van der Waals surface area contributed by atoms with E-state index in [0.717, 1.165) is 5.56 Å². The number of hydrogen-bond donors (Lipinski definition) is 1. The van der Waals surface area contributed by atoms with Crippen LogP contribution in [-0.2, 0) is 10.8 Å². The molecule has 0 aliphatic carbocycles. The van der Waals surface area contributed by atoms with Gasteiger partial charge in [-0.05, 0) is 36.5 Å². The first-order chi connectivity index (χ1) is 8.98. The second-order valence-corrected chi connectivity index (χ2v) is 7.10. The van der Waals surface area contributed by atoms with Gasteiger partial charge in [-0.25, -0.2) is 0 Å². The first kappa shape index (κ1) is 14.3. The van der Waals surface area contributed by atoms with E-state index in [0.29, 0.717) is 30.3 Å². The second-order valence-electron chi connectivity index (χ2n) is 5.41. The first-order valence-corrected chi connectivity index (χ1v) is 8.18. The summed E-state index contributed by atoms with van der Waals surface area (Å²) in [5.74, 6) is 7.61. The van der Waals surface area contributed by atoms with Crippen molar-refractivity contribution in [3.63, 3.8) is 0 Å². The van der Waals surface area contributed by atoms with E-state index >= 15 is 0 Å². The molecular formula is C16H20O2S. The molecule has 2 nitrogen and oxygen atoms in total. The second kappa shape index (κ2) is 5.90. The fourth-order valence-corrected chi connectivity index (χ4v) is 3.39. The summed E-state index contributed by atoms with van der Waals surface area (Å²) in [7, 11) is -0.771. The zero-order valence-corrected chi connectivity index (χ0v) is 12.3. The van der Waals surface area contributed by atoms with Crippen LogP contribution >= 0.6 is 0 Å². The molecule has 3 heteroatoms. The van der Waals surface area contributed by atoms with Crippen LogP contribution in [0.2, 0.25) is 0 Å². The highest BCUT2D eigenvalue weighted by Crippen LogP contribution is 2.21. The minimum Gasteiger partial charge on any atom is -0.378 e. The van der Waals surface area contributed by atoms with Crippen molar-refractivity contribution in [2.24, 2.45) is 0 Å². The standard InChI is InChI=1S/C16H20O2S/c1-13(2)15-5-3-14(4-6-15)7-8-16(17)9-11-19(18)12-10-16/h3-6,13,17H,9-12H2,1-2H3. The van der Waals surface area contributed by atoms with E-state index in [2.05, 4.69) is 37.8 Å². The maximum atomic E-state index is 11.3. The van der Waals surface area contributed by atoms with Crippen LogP contribution in [0.15, 0.2) is 24.3 Å². The van der Waals surface area contributed by atoms with Crippen LogP contribution in [-0.4, -0.2) is 26.4 Å². The summed E-state index contributed by atoms with van der Waals surface area (Å²) in [6, 6.07) is 8.14. The van der Waals surface area contributed by atoms with Crippen LogP contribution in [0.1, 0.15) is 43.7 Å². The highest BCUT2D eigenvalue weighted by molar-refractivity contribution is 7.85. The monoisotopic (exact) mass is 276 g/mol. The Labute approximate surface area is 117 Å². The van der Waals surface area contributed by atoms with Crippen LogP contribution < -0.4 is 0 Å². The van der Waals surface area contributed by atoms with Gasteiger partial charge in [0, 0.05) is 27.9 Å². The molecule has 102 valence electrons. The van der Waals surface area contributed by atoms with E-state index in [1.165, 1.54) is 5.56 Å². The topological polar surface area (TPSA) is 37.3 Å². The normalized spacial score (nSPS) is 26.8. The number of benzene rings is 1. The summed E-state index contributed by atoms with van der Waals surface area (Å²) in [6.45, 7) is 4.32. The van der Waals surface area contributed by atoms with E-state index in [4.69, 9.17) is 0 Å². The Kier molecular flexibility index (Phi) is 4.44. The van der Waals surface area contributed by atoms with Gasteiger partial charge >= 0.3 is 0 Å². The maximum absolute atomic E-state index is 11.3. The van der Waals surface area contributed by atoms with Crippen molar-refractivity contribution in [1.82, 2.24) is 0 Å². The van der Waals surface area contributed by atoms with Gasteiger partial charge in [-0.15, -0.1) is 0 Å². The molecule has 0 spiro atoms. The Morgan fingerprint density at radius 3 is 2.32 bits per heavy atom. The van der Waals surface area contributed by atoms with Crippen LogP contribution in [0, 0.1) is 11.8 Å². The van der Waals surface area contributed by atoms with Gasteiger partial charge in [-0.3, -0.25) is 4.21 Å². The molecule has 0 unspecified atom stereocenters. The molecule has 19 heavy (non-hydrogen) atoms. The average molecular weight is 276 g/mol. The Balaban J connectivity index is 2.09. The van der Waals surface area contributed by atoms with Gasteiger partial charge in [0.2, 0.25) is 0 Å².